The molecule has 2 aromatic rings. The second kappa shape index (κ2) is 9.46. The van der Waals surface area contributed by atoms with E-state index in [1.165, 1.54) is 11.0 Å². The fourth-order valence-electron chi connectivity index (χ4n) is 2.50. The van der Waals surface area contributed by atoms with Gasteiger partial charge in [-0.25, -0.2) is 9.18 Å². The molecule has 0 saturated heterocycles. The lowest BCUT2D eigenvalue weighted by atomic mass is 10.1. The lowest BCUT2D eigenvalue weighted by Crippen LogP contribution is -2.36. The van der Waals surface area contributed by atoms with Gasteiger partial charge in [0.25, 0.3) is 5.91 Å². The van der Waals surface area contributed by atoms with Gasteiger partial charge in [0, 0.05) is 12.2 Å². The molecule has 0 fully saturated rings. The highest BCUT2D eigenvalue weighted by Gasteiger charge is 2.22. The van der Waals surface area contributed by atoms with Gasteiger partial charge in [-0.3, -0.25) is 4.79 Å². The monoisotopic (exact) mass is 440 g/mol. The SMILES string of the molecule is CCN(Cc1ccccc1NC(=O)c1cc(F)c(Cl)cc1Cl)C(=O)OC(C)(C)C. The fourth-order valence-corrected chi connectivity index (χ4v) is 2.97. The first-order valence-corrected chi connectivity index (χ1v) is 9.79. The molecule has 2 amide bonds. The van der Waals surface area contributed by atoms with Crippen LogP contribution < -0.4 is 5.32 Å². The van der Waals surface area contributed by atoms with Gasteiger partial charge < -0.3 is 15.0 Å². The molecule has 0 aliphatic heterocycles. The number of anilines is 1. The van der Waals surface area contributed by atoms with Crippen molar-refractivity contribution in [3.63, 3.8) is 0 Å². The van der Waals surface area contributed by atoms with Gasteiger partial charge >= 0.3 is 6.09 Å². The number of ether oxygens (including phenoxy) is 1. The summed E-state index contributed by atoms with van der Waals surface area (Å²) >= 11 is 11.7. The fraction of sp³-hybridized carbons (Fsp3) is 0.333. The van der Waals surface area contributed by atoms with Crippen LogP contribution in [0.25, 0.3) is 0 Å². The maximum absolute atomic E-state index is 13.8. The van der Waals surface area contributed by atoms with E-state index in [-0.39, 0.29) is 22.2 Å². The van der Waals surface area contributed by atoms with E-state index < -0.39 is 23.4 Å². The van der Waals surface area contributed by atoms with Crippen LogP contribution in [-0.4, -0.2) is 29.0 Å². The molecule has 1 N–H and O–H groups in total. The quantitative estimate of drug-likeness (QED) is 0.567. The number of carbonyl (C=O) groups excluding carboxylic acids is 2. The van der Waals surface area contributed by atoms with Crippen molar-refractivity contribution in [2.75, 3.05) is 11.9 Å². The van der Waals surface area contributed by atoms with Crippen LogP contribution >= 0.6 is 23.2 Å². The van der Waals surface area contributed by atoms with Gasteiger partial charge in [-0.05, 0) is 51.5 Å². The molecule has 5 nitrogen and oxygen atoms in total. The van der Waals surface area contributed by atoms with E-state index in [4.69, 9.17) is 27.9 Å². The zero-order valence-corrected chi connectivity index (χ0v) is 18.2. The molecular weight excluding hydrogens is 418 g/mol. The van der Waals surface area contributed by atoms with Gasteiger partial charge in [0.1, 0.15) is 11.4 Å². The number of nitrogens with one attached hydrogen (secondary N) is 1. The average molecular weight is 441 g/mol. The summed E-state index contributed by atoms with van der Waals surface area (Å²) in [6, 6.07) is 9.18. The molecule has 0 atom stereocenters. The third kappa shape index (κ3) is 6.34. The third-order valence-corrected chi connectivity index (χ3v) is 4.52. The maximum Gasteiger partial charge on any atom is 0.410 e. The Bertz CT molecular complexity index is 913. The van der Waals surface area contributed by atoms with Crippen LogP contribution in [0.5, 0.6) is 0 Å². The molecule has 8 heteroatoms. The molecule has 0 spiro atoms. The minimum Gasteiger partial charge on any atom is -0.444 e. The van der Waals surface area contributed by atoms with Gasteiger partial charge in [0.2, 0.25) is 0 Å². The summed E-state index contributed by atoms with van der Waals surface area (Å²) < 4.78 is 19.2. The highest BCUT2D eigenvalue weighted by atomic mass is 35.5. The third-order valence-electron chi connectivity index (χ3n) is 3.91. The molecule has 156 valence electrons. The number of hydrogen-bond acceptors (Lipinski definition) is 3. The zero-order valence-electron chi connectivity index (χ0n) is 16.7. The lowest BCUT2D eigenvalue weighted by Gasteiger charge is -2.27. The Balaban J connectivity index is 2.23. The molecule has 0 aliphatic rings. The lowest BCUT2D eigenvalue weighted by molar-refractivity contribution is 0.0245. The van der Waals surface area contributed by atoms with E-state index in [0.29, 0.717) is 17.8 Å². The Kier molecular flexibility index (Phi) is 7.49. The van der Waals surface area contributed by atoms with Gasteiger partial charge in [0.05, 0.1) is 22.2 Å². The van der Waals surface area contributed by atoms with Crippen LogP contribution in [0, 0.1) is 5.82 Å². The number of halogens is 3. The first-order chi connectivity index (χ1) is 13.5. The number of hydrogen-bond donors (Lipinski definition) is 1. The molecule has 0 aromatic heterocycles. The minimum absolute atomic E-state index is 0.0373. The van der Waals surface area contributed by atoms with E-state index in [1.54, 1.807) is 45.0 Å². The molecule has 2 rings (SSSR count). The molecular formula is C21H23Cl2FN2O3. The second-order valence-corrected chi connectivity index (χ2v) is 8.17. The Labute approximate surface area is 179 Å². The number of amides is 2. The molecule has 0 saturated carbocycles. The van der Waals surface area contributed by atoms with E-state index in [0.717, 1.165) is 6.07 Å². The highest BCUT2D eigenvalue weighted by Crippen LogP contribution is 2.26. The van der Waals surface area contributed by atoms with Crippen molar-refractivity contribution in [2.24, 2.45) is 0 Å². The van der Waals surface area contributed by atoms with E-state index in [2.05, 4.69) is 5.32 Å². The predicted molar refractivity (Wildman–Crippen MR) is 113 cm³/mol. The Hall–Kier alpha value is -2.31. The molecule has 0 heterocycles. The average Bonchev–Trinajstić information content (AvgIpc) is 2.62. The number of benzene rings is 2. The summed E-state index contributed by atoms with van der Waals surface area (Å²) in [5, 5.41) is 2.59. The van der Waals surface area contributed by atoms with Crippen LogP contribution in [0.3, 0.4) is 0 Å². The summed E-state index contributed by atoms with van der Waals surface area (Å²) in [5.74, 6) is -1.32. The van der Waals surface area contributed by atoms with E-state index in [1.807, 2.05) is 6.92 Å². The maximum atomic E-state index is 13.8. The Morgan fingerprint density at radius 3 is 2.41 bits per heavy atom. The van der Waals surface area contributed by atoms with Crippen molar-refractivity contribution in [3.05, 3.63) is 63.4 Å². The van der Waals surface area contributed by atoms with Crippen molar-refractivity contribution < 1.29 is 18.7 Å². The van der Waals surface area contributed by atoms with Crippen LogP contribution in [0.4, 0.5) is 14.9 Å². The summed E-state index contributed by atoms with van der Waals surface area (Å²) in [4.78, 5) is 26.5. The second-order valence-electron chi connectivity index (χ2n) is 7.35. The zero-order chi connectivity index (χ0) is 21.8. The van der Waals surface area contributed by atoms with Gasteiger partial charge in [-0.1, -0.05) is 41.4 Å². The number of rotatable bonds is 5. The van der Waals surface area contributed by atoms with Crippen molar-refractivity contribution in [3.8, 4) is 0 Å². The molecule has 2 aromatic carbocycles. The van der Waals surface area contributed by atoms with E-state index >= 15 is 0 Å². The first-order valence-electron chi connectivity index (χ1n) is 9.03. The molecule has 0 unspecified atom stereocenters. The largest absolute Gasteiger partial charge is 0.444 e. The number of para-hydroxylation sites is 1. The Morgan fingerprint density at radius 2 is 1.79 bits per heavy atom. The Morgan fingerprint density at radius 1 is 1.14 bits per heavy atom. The van der Waals surface area contributed by atoms with Gasteiger partial charge in [-0.2, -0.15) is 0 Å². The first kappa shape index (κ1) is 23.0. The van der Waals surface area contributed by atoms with Crippen molar-refractivity contribution in [1.82, 2.24) is 4.90 Å². The molecule has 0 radical (unpaired) electrons. The smallest absolute Gasteiger partial charge is 0.410 e. The van der Waals surface area contributed by atoms with Crippen molar-refractivity contribution in [1.29, 1.82) is 0 Å². The number of nitrogens with zero attached hydrogens (tertiary/aromatic N) is 1. The summed E-state index contributed by atoms with van der Waals surface area (Å²) in [6.45, 7) is 7.86. The summed E-state index contributed by atoms with van der Waals surface area (Å²) in [7, 11) is 0. The van der Waals surface area contributed by atoms with Crippen LogP contribution in [0.2, 0.25) is 10.0 Å². The van der Waals surface area contributed by atoms with E-state index in [9.17, 15) is 14.0 Å². The van der Waals surface area contributed by atoms with Crippen LogP contribution in [-0.2, 0) is 11.3 Å². The standard InChI is InChI=1S/C21H23Cl2FN2O3/c1-5-26(20(28)29-21(2,3)4)12-13-8-6-7-9-18(13)25-19(27)14-10-17(24)16(23)11-15(14)22/h6-11H,5,12H2,1-4H3,(H,25,27). The molecule has 0 bridgehead atoms. The van der Waals surface area contributed by atoms with Gasteiger partial charge in [0.15, 0.2) is 0 Å². The summed E-state index contributed by atoms with van der Waals surface area (Å²) in [5.41, 5.74) is 0.515. The normalized spacial score (nSPS) is 11.1. The predicted octanol–water partition coefficient (Wildman–Crippen LogP) is 6.14. The van der Waals surface area contributed by atoms with Crippen LogP contribution in [0.15, 0.2) is 36.4 Å². The number of carbonyl (C=O) groups is 2. The topological polar surface area (TPSA) is 58.6 Å². The van der Waals surface area contributed by atoms with Crippen molar-refractivity contribution in [2.45, 2.75) is 39.8 Å². The summed E-state index contributed by atoms with van der Waals surface area (Å²) in [6.07, 6.45) is -0.455. The molecule has 0 aliphatic carbocycles. The minimum atomic E-state index is -0.739. The molecule has 29 heavy (non-hydrogen) atoms. The van der Waals surface area contributed by atoms with Crippen LogP contribution in [0.1, 0.15) is 43.6 Å². The van der Waals surface area contributed by atoms with Crippen molar-refractivity contribution >= 4 is 40.9 Å². The highest BCUT2D eigenvalue weighted by molar-refractivity contribution is 6.37. The van der Waals surface area contributed by atoms with Gasteiger partial charge in [-0.15, -0.1) is 0 Å².